The molecule has 4 aromatic rings. The number of carbonyl (C=O) groups is 4. The fourth-order valence-corrected chi connectivity index (χ4v) is 9.08. The lowest BCUT2D eigenvalue weighted by molar-refractivity contribution is -0.520. The standard InChI is InChI=1S/C43H38N4O15S3/c1-46(20-6-11-41(50)62-47-39(48)18-19-40(47)49)43(51)31-9-4-3-8-30(31)42-32-17-14-28(44-25-27-7-2-5-10-37(27)64(55,56)57)21-35(32)61-36-23-34(38(22-33(36)42)65(58,59)60)45-24-26-12-15-29(16-13-26)63(52,53)54/h2-5,7-10,12-17,21-23,44H,6,11,18-20,24-25H2,1H3,(H,52,53,54)(H,55,56,57)(H,58,59,60)/p+1. The van der Waals surface area contributed by atoms with Crippen LogP contribution in [0.5, 0.6) is 0 Å². The van der Waals surface area contributed by atoms with Crippen molar-refractivity contribution in [2.45, 2.75) is 53.5 Å². The van der Waals surface area contributed by atoms with Crippen molar-refractivity contribution in [3.8, 4) is 22.5 Å². The van der Waals surface area contributed by atoms with E-state index in [1.807, 2.05) is 0 Å². The summed E-state index contributed by atoms with van der Waals surface area (Å²) >= 11 is 0. The molecule has 19 nitrogen and oxygen atoms in total. The number of anilines is 1. The molecule has 3 aliphatic rings. The Balaban J connectivity index is 1.31. The number of rotatable bonds is 15. The van der Waals surface area contributed by atoms with E-state index in [9.17, 15) is 58.1 Å². The number of hydroxylamine groups is 2. The van der Waals surface area contributed by atoms with Gasteiger partial charge in [0.05, 0.1) is 15.9 Å². The molecule has 65 heavy (non-hydrogen) atoms. The van der Waals surface area contributed by atoms with E-state index >= 15 is 0 Å². The highest BCUT2D eigenvalue weighted by Crippen LogP contribution is 2.43. The molecule has 22 heteroatoms. The lowest BCUT2D eigenvalue weighted by atomic mass is 9.90. The van der Waals surface area contributed by atoms with Crippen molar-refractivity contribution in [2.24, 2.45) is 0 Å². The maximum absolute atomic E-state index is 14.2. The zero-order valence-electron chi connectivity index (χ0n) is 34.1. The Hall–Kier alpha value is -6.82. The monoisotopic (exact) mass is 947 g/mol. The molecule has 3 amide bonds. The Morgan fingerprint density at radius 3 is 2.12 bits per heavy atom. The van der Waals surface area contributed by atoms with Gasteiger partial charge in [-0.05, 0) is 60.0 Å². The minimum Gasteiger partial charge on any atom is -0.456 e. The number of hydrogen-bond acceptors (Lipinski definition) is 13. The van der Waals surface area contributed by atoms with Gasteiger partial charge >= 0.3 is 16.1 Å². The average Bonchev–Trinajstić information content (AvgIpc) is 3.57. The van der Waals surface area contributed by atoms with Gasteiger partial charge in [-0.15, -0.1) is 5.06 Å². The molecule has 4 aromatic carbocycles. The number of benzene rings is 5. The van der Waals surface area contributed by atoms with Crippen LogP contribution in [0.1, 0.15) is 47.2 Å². The minimum absolute atomic E-state index is 0.0337. The van der Waals surface area contributed by atoms with Crippen LogP contribution in [0.25, 0.3) is 33.4 Å². The zero-order valence-corrected chi connectivity index (χ0v) is 36.6. The predicted molar refractivity (Wildman–Crippen MR) is 229 cm³/mol. The number of hydrogen-bond donors (Lipinski definition) is 5. The minimum atomic E-state index is -4.97. The van der Waals surface area contributed by atoms with Crippen LogP contribution in [0.3, 0.4) is 0 Å². The van der Waals surface area contributed by atoms with E-state index in [1.165, 1.54) is 54.4 Å². The SMILES string of the molecule is CN(CCCC(=O)ON1C(=O)CCC1=O)C(=O)c1ccccc1-c1c2cc(S(=O)(=O)O)c(=[NH+]Cc3ccc(S(=O)(=O)O)cc3)cc-2oc2cc(NCc3ccccc3S(=O)(=O)O)ccc12. The first-order valence-electron chi connectivity index (χ1n) is 19.5. The first kappa shape index (κ1) is 46.2. The summed E-state index contributed by atoms with van der Waals surface area (Å²) < 4.78 is 109. The summed E-state index contributed by atoms with van der Waals surface area (Å²) in [6.07, 6.45) is -0.264. The molecule has 0 bridgehead atoms. The second-order valence-corrected chi connectivity index (χ2v) is 19.0. The summed E-state index contributed by atoms with van der Waals surface area (Å²) in [5.41, 5.74) is 2.27. The molecule has 1 saturated heterocycles. The van der Waals surface area contributed by atoms with Gasteiger partial charge < -0.3 is 19.5 Å². The molecule has 1 fully saturated rings. The van der Waals surface area contributed by atoms with Crippen molar-refractivity contribution in [1.82, 2.24) is 9.96 Å². The molecular formula is C43H39N4O15S3+. The molecule has 0 radical (unpaired) electrons. The zero-order chi connectivity index (χ0) is 46.8. The fraction of sp³-hybridized carbons (Fsp3) is 0.186. The fourth-order valence-electron chi connectivity index (χ4n) is 7.20. The molecule has 2 heterocycles. The normalized spacial score (nSPS) is 13.7. The summed E-state index contributed by atoms with van der Waals surface area (Å²) in [7, 11) is -12.5. The van der Waals surface area contributed by atoms with E-state index in [1.54, 1.807) is 48.5 Å². The van der Waals surface area contributed by atoms with Gasteiger partial charge in [0.15, 0.2) is 11.4 Å². The lowest BCUT2D eigenvalue weighted by Crippen LogP contribution is -2.75. The summed E-state index contributed by atoms with van der Waals surface area (Å²) in [5, 5.41) is 3.81. The number of fused-ring (bicyclic) bond motifs is 2. The van der Waals surface area contributed by atoms with E-state index < -0.39 is 58.9 Å². The van der Waals surface area contributed by atoms with Crippen LogP contribution >= 0.6 is 0 Å². The predicted octanol–water partition coefficient (Wildman–Crippen LogP) is 3.20. The summed E-state index contributed by atoms with van der Waals surface area (Å²) in [4.78, 5) is 58.4. The van der Waals surface area contributed by atoms with E-state index in [4.69, 9.17) is 9.25 Å². The van der Waals surface area contributed by atoms with Crippen LogP contribution in [-0.2, 0) is 62.7 Å². The van der Waals surface area contributed by atoms with E-state index in [0.29, 0.717) is 32.8 Å². The average molecular weight is 948 g/mol. The number of nitrogens with zero attached hydrogens (tertiary/aromatic N) is 2. The Morgan fingerprint density at radius 2 is 1.45 bits per heavy atom. The topological polar surface area (TPSA) is 286 Å². The highest BCUT2D eigenvalue weighted by Gasteiger charge is 2.33. The summed E-state index contributed by atoms with van der Waals surface area (Å²) in [6, 6.07) is 24.7. The molecule has 0 atom stereocenters. The number of amides is 3. The van der Waals surface area contributed by atoms with Gasteiger partial charge in [0, 0.05) is 78.8 Å². The molecule has 0 saturated carbocycles. The van der Waals surface area contributed by atoms with Crippen LogP contribution in [0.2, 0.25) is 0 Å². The summed E-state index contributed by atoms with van der Waals surface area (Å²) in [5.74, 6) is -2.53. The Labute approximate surface area is 371 Å². The highest BCUT2D eigenvalue weighted by atomic mass is 32.2. The van der Waals surface area contributed by atoms with Gasteiger partial charge in [0.1, 0.15) is 11.3 Å². The molecular weight excluding hydrogens is 909 g/mol. The maximum atomic E-state index is 14.2. The first-order valence-corrected chi connectivity index (χ1v) is 23.9. The van der Waals surface area contributed by atoms with Crippen molar-refractivity contribution in [2.75, 3.05) is 18.9 Å². The van der Waals surface area contributed by atoms with Gasteiger partial charge in [0.25, 0.3) is 38.0 Å². The second kappa shape index (κ2) is 18.3. The molecule has 0 aromatic heterocycles. The largest absolute Gasteiger partial charge is 0.456 e. The number of imide groups is 1. The third-order valence-corrected chi connectivity index (χ3v) is 13.1. The number of carbonyl (C=O) groups excluding carboxylic acids is 4. The van der Waals surface area contributed by atoms with E-state index in [0.717, 1.165) is 12.1 Å². The van der Waals surface area contributed by atoms with Crippen molar-refractivity contribution < 1.29 is 72.3 Å². The molecule has 5 N–H and O–H groups in total. The molecule has 0 spiro atoms. The first-order chi connectivity index (χ1) is 30.7. The van der Waals surface area contributed by atoms with E-state index in [2.05, 4.69) is 10.3 Å². The smallest absolute Gasteiger partial charge is 0.333 e. The Morgan fingerprint density at radius 1 is 0.785 bits per heavy atom. The molecule has 2 aliphatic heterocycles. The van der Waals surface area contributed by atoms with Crippen LogP contribution in [-0.4, -0.2) is 86.2 Å². The van der Waals surface area contributed by atoms with Crippen molar-refractivity contribution >= 4 is 70.7 Å². The van der Waals surface area contributed by atoms with Crippen molar-refractivity contribution in [1.29, 1.82) is 0 Å². The quantitative estimate of drug-likeness (QED) is 0.0561. The third-order valence-electron chi connectivity index (χ3n) is 10.4. The van der Waals surface area contributed by atoms with Crippen molar-refractivity contribution in [3.63, 3.8) is 0 Å². The van der Waals surface area contributed by atoms with Gasteiger partial charge in [0.2, 0.25) is 5.36 Å². The maximum Gasteiger partial charge on any atom is 0.333 e. The molecule has 7 rings (SSSR count). The van der Waals surface area contributed by atoms with Gasteiger partial charge in [-0.25, -0.2) is 9.79 Å². The Kier molecular flexibility index (Phi) is 13.0. The molecule has 338 valence electrons. The molecule has 1 aliphatic carbocycles. The Bertz CT molecular complexity index is 3260. The second-order valence-electron chi connectivity index (χ2n) is 14.8. The van der Waals surface area contributed by atoms with Crippen LogP contribution < -0.4 is 15.7 Å². The summed E-state index contributed by atoms with van der Waals surface area (Å²) in [6.45, 7) is -0.101. The molecule has 0 unspecified atom stereocenters. The lowest BCUT2D eigenvalue weighted by Gasteiger charge is -2.22. The number of nitrogens with one attached hydrogen (secondary N) is 2. The van der Waals surface area contributed by atoms with Gasteiger partial charge in [-0.2, -0.15) is 25.3 Å². The van der Waals surface area contributed by atoms with Crippen LogP contribution in [0, 0.1) is 0 Å². The van der Waals surface area contributed by atoms with Gasteiger partial charge in [-0.3, -0.25) is 28.0 Å². The van der Waals surface area contributed by atoms with Crippen LogP contribution in [0.15, 0.2) is 122 Å². The van der Waals surface area contributed by atoms with E-state index in [-0.39, 0.29) is 88.5 Å². The third kappa shape index (κ3) is 10.4. The van der Waals surface area contributed by atoms with Crippen LogP contribution in [0.4, 0.5) is 5.69 Å². The van der Waals surface area contributed by atoms with Crippen molar-refractivity contribution in [3.05, 3.63) is 125 Å². The highest BCUT2D eigenvalue weighted by molar-refractivity contribution is 7.86. The van der Waals surface area contributed by atoms with Gasteiger partial charge in [-0.1, -0.05) is 48.5 Å².